The fraction of sp³-hybridized carbons (Fsp3) is 0.333. The maximum atomic E-state index is 14.1. The number of anilines is 1. The van der Waals surface area contributed by atoms with Crippen molar-refractivity contribution in [1.29, 1.82) is 0 Å². The van der Waals surface area contributed by atoms with Crippen molar-refractivity contribution in [1.82, 2.24) is 10.2 Å². The summed E-state index contributed by atoms with van der Waals surface area (Å²) < 4.78 is 40.6. The quantitative estimate of drug-likeness (QED) is 0.283. The number of rotatable bonds is 13. The molecule has 0 aromatic heterocycles. The molecule has 3 aromatic rings. The van der Waals surface area contributed by atoms with Gasteiger partial charge in [0, 0.05) is 23.6 Å². The van der Waals surface area contributed by atoms with Gasteiger partial charge in [0.25, 0.3) is 10.0 Å². The normalized spacial score (nSPS) is 11.9. The monoisotopic (exact) mass is 645 g/mol. The molecule has 220 valence electrons. The molecule has 0 aliphatic rings. The van der Waals surface area contributed by atoms with Gasteiger partial charge in [-0.2, -0.15) is 0 Å². The van der Waals surface area contributed by atoms with Crippen LogP contribution in [0.15, 0.2) is 76.1 Å². The molecule has 3 aromatic carbocycles. The highest BCUT2D eigenvalue weighted by Gasteiger charge is 2.33. The molecule has 0 saturated heterocycles. The van der Waals surface area contributed by atoms with E-state index in [1.54, 1.807) is 31.2 Å². The third-order valence-corrected chi connectivity index (χ3v) is 8.77. The summed E-state index contributed by atoms with van der Waals surface area (Å²) in [6.45, 7) is 5.51. The van der Waals surface area contributed by atoms with E-state index in [9.17, 15) is 18.0 Å². The zero-order valence-electron chi connectivity index (χ0n) is 23.9. The molecule has 0 bridgehead atoms. The van der Waals surface area contributed by atoms with Gasteiger partial charge in [0.15, 0.2) is 11.5 Å². The summed E-state index contributed by atoms with van der Waals surface area (Å²) in [6, 6.07) is 17.7. The van der Waals surface area contributed by atoms with E-state index in [1.807, 2.05) is 38.1 Å². The molecule has 0 saturated carbocycles. The van der Waals surface area contributed by atoms with Crippen LogP contribution in [-0.2, 0) is 26.2 Å². The molecule has 41 heavy (non-hydrogen) atoms. The van der Waals surface area contributed by atoms with Crippen LogP contribution in [0.3, 0.4) is 0 Å². The van der Waals surface area contributed by atoms with Gasteiger partial charge in [0.1, 0.15) is 12.6 Å². The molecule has 0 aliphatic heterocycles. The second-order valence-electron chi connectivity index (χ2n) is 9.48. The number of benzene rings is 3. The Bertz CT molecular complexity index is 1460. The average molecular weight is 647 g/mol. The zero-order chi connectivity index (χ0) is 30.2. The van der Waals surface area contributed by atoms with Crippen molar-refractivity contribution in [2.24, 2.45) is 0 Å². The highest BCUT2D eigenvalue weighted by Crippen LogP contribution is 2.32. The number of aryl methyl sites for hydroxylation is 1. The van der Waals surface area contributed by atoms with E-state index in [1.165, 1.54) is 37.3 Å². The van der Waals surface area contributed by atoms with Crippen LogP contribution in [0.2, 0.25) is 0 Å². The van der Waals surface area contributed by atoms with Crippen molar-refractivity contribution in [3.63, 3.8) is 0 Å². The van der Waals surface area contributed by atoms with E-state index in [-0.39, 0.29) is 23.1 Å². The Morgan fingerprint density at radius 2 is 1.66 bits per heavy atom. The van der Waals surface area contributed by atoms with Gasteiger partial charge < -0.3 is 19.7 Å². The van der Waals surface area contributed by atoms with Crippen molar-refractivity contribution in [3.8, 4) is 11.5 Å². The fourth-order valence-corrected chi connectivity index (χ4v) is 6.03. The summed E-state index contributed by atoms with van der Waals surface area (Å²) in [7, 11) is -1.37. The van der Waals surface area contributed by atoms with E-state index >= 15 is 0 Å². The smallest absolute Gasteiger partial charge is 0.264 e. The van der Waals surface area contributed by atoms with E-state index in [0.717, 1.165) is 26.3 Å². The van der Waals surface area contributed by atoms with Gasteiger partial charge in [-0.05, 0) is 62.2 Å². The third-order valence-electron chi connectivity index (χ3n) is 6.50. The number of nitrogens with one attached hydrogen (secondary N) is 1. The van der Waals surface area contributed by atoms with Gasteiger partial charge in [-0.15, -0.1) is 0 Å². The summed E-state index contributed by atoms with van der Waals surface area (Å²) in [6.07, 6.45) is 0.739. The number of sulfonamides is 1. The number of hydrogen-bond acceptors (Lipinski definition) is 6. The molecular formula is C30H36BrN3O6S. The molecule has 0 radical (unpaired) electrons. The number of hydrogen-bond donors (Lipinski definition) is 1. The summed E-state index contributed by atoms with van der Waals surface area (Å²) in [5.41, 5.74) is 2.03. The molecule has 9 nitrogen and oxygen atoms in total. The zero-order valence-corrected chi connectivity index (χ0v) is 26.3. The van der Waals surface area contributed by atoms with Crippen LogP contribution < -0.4 is 19.1 Å². The average Bonchev–Trinajstić information content (AvgIpc) is 2.97. The predicted molar refractivity (Wildman–Crippen MR) is 163 cm³/mol. The Labute approximate surface area is 250 Å². The number of methoxy groups -OCH3 is 2. The Morgan fingerprint density at radius 1 is 0.976 bits per heavy atom. The van der Waals surface area contributed by atoms with Gasteiger partial charge >= 0.3 is 0 Å². The number of ether oxygens (including phenoxy) is 2. The molecular weight excluding hydrogens is 610 g/mol. The first-order chi connectivity index (χ1) is 19.5. The first kappa shape index (κ1) is 32.0. The fourth-order valence-electron chi connectivity index (χ4n) is 4.15. The molecule has 0 aliphatic carbocycles. The van der Waals surface area contributed by atoms with E-state index in [2.05, 4.69) is 21.2 Å². The Hall–Kier alpha value is -3.57. The minimum Gasteiger partial charge on any atom is -0.493 e. The topological polar surface area (TPSA) is 105 Å². The summed E-state index contributed by atoms with van der Waals surface area (Å²) in [5, 5.41) is 2.84. The van der Waals surface area contributed by atoms with Crippen LogP contribution in [0.1, 0.15) is 31.4 Å². The number of nitrogens with zero attached hydrogens (tertiary/aromatic N) is 2. The van der Waals surface area contributed by atoms with Crippen molar-refractivity contribution in [3.05, 3.63) is 82.3 Å². The maximum Gasteiger partial charge on any atom is 0.264 e. The van der Waals surface area contributed by atoms with Crippen LogP contribution in [0.4, 0.5) is 5.69 Å². The lowest BCUT2D eigenvalue weighted by Crippen LogP contribution is -2.51. The molecule has 0 heterocycles. The van der Waals surface area contributed by atoms with Crippen molar-refractivity contribution in [2.45, 2.75) is 44.7 Å². The molecule has 3 rings (SSSR count). The van der Waals surface area contributed by atoms with Crippen LogP contribution in [-0.4, -0.2) is 58.5 Å². The highest BCUT2D eigenvalue weighted by molar-refractivity contribution is 9.10. The molecule has 2 amide bonds. The van der Waals surface area contributed by atoms with Crippen molar-refractivity contribution in [2.75, 3.05) is 31.6 Å². The number of carbonyl (C=O) groups is 2. The van der Waals surface area contributed by atoms with Gasteiger partial charge in [-0.3, -0.25) is 13.9 Å². The van der Waals surface area contributed by atoms with Gasteiger partial charge in [-0.25, -0.2) is 8.42 Å². The molecule has 0 spiro atoms. The Morgan fingerprint density at radius 3 is 2.27 bits per heavy atom. The predicted octanol–water partition coefficient (Wildman–Crippen LogP) is 4.91. The minimum absolute atomic E-state index is 0.0733. The lowest BCUT2D eigenvalue weighted by molar-refractivity contribution is -0.139. The van der Waals surface area contributed by atoms with Gasteiger partial charge in [0.05, 0.1) is 24.8 Å². The minimum atomic E-state index is -4.25. The van der Waals surface area contributed by atoms with E-state index in [4.69, 9.17) is 9.47 Å². The molecule has 0 unspecified atom stereocenters. The second-order valence-corrected chi connectivity index (χ2v) is 12.3. The molecule has 1 N–H and O–H groups in total. The standard InChI is InChI=1S/C30H36BrN3O6S/c1-6-16-32-30(36)22(3)33(19-23-8-7-9-24(31)17-23)29(35)20-34(25-12-10-21(2)11-13-25)41(37,38)26-14-15-27(39-4)28(18-26)40-5/h7-15,17-18,22H,6,16,19-20H2,1-5H3,(H,32,36)/t22-/m1/s1. The lowest BCUT2D eigenvalue weighted by atomic mass is 10.1. The second kappa shape index (κ2) is 14.4. The van der Waals surface area contributed by atoms with E-state index < -0.39 is 28.5 Å². The van der Waals surface area contributed by atoms with Gasteiger partial charge in [0.2, 0.25) is 11.8 Å². The van der Waals surface area contributed by atoms with Crippen molar-refractivity contribution < 1.29 is 27.5 Å². The molecule has 1 atom stereocenters. The first-order valence-corrected chi connectivity index (χ1v) is 15.4. The lowest BCUT2D eigenvalue weighted by Gasteiger charge is -2.32. The molecule has 0 fully saturated rings. The number of carbonyl (C=O) groups excluding carboxylic acids is 2. The van der Waals surface area contributed by atoms with E-state index in [0.29, 0.717) is 18.0 Å². The highest BCUT2D eigenvalue weighted by atomic mass is 79.9. The van der Waals surface area contributed by atoms with Crippen LogP contribution in [0.5, 0.6) is 11.5 Å². The maximum absolute atomic E-state index is 14.1. The Kier molecular flexibility index (Phi) is 11.2. The van der Waals surface area contributed by atoms with Crippen molar-refractivity contribution >= 4 is 43.5 Å². The van der Waals surface area contributed by atoms with Gasteiger partial charge in [-0.1, -0.05) is 52.7 Å². The molecule has 11 heteroatoms. The largest absolute Gasteiger partial charge is 0.493 e. The number of halogens is 1. The van der Waals surface area contributed by atoms with Crippen LogP contribution in [0, 0.1) is 6.92 Å². The first-order valence-electron chi connectivity index (χ1n) is 13.1. The number of amides is 2. The SMILES string of the molecule is CCCNC(=O)[C@@H](C)N(Cc1cccc(Br)c1)C(=O)CN(c1ccc(C)cc1)S(=O)(=O)c1ccc(OC)c(OC)c1. The van der Waals surface area contributed by atoms with Crippen LogP contribution in [0.25, 0.3) is 0 Å². The summed E-state index contributed by atoms with van der Waals surface area (Å²) in [5.74, 6) is -0.244. The Balaban J connectivity index is 2.06. The summed E-state index contributed by atoms with van der Waals surface area (Å²) in [4.78, 5) is 28.3. The summed E-state index contributed by atoms with van der Waals surface area (Å²) >= 11 is 3.45. The third kappa shape index (κ3) is 8.01. The van der Waals surface area contributed by atoms with Crippen LogP contribution >= 0.6 is 15.9 Å².